The molecule has 3 heterocycles. The number of carbonyl (C=O) groups is 1. The van der Waals surface area contributed by atoms with Gasteiger partial charge < -0.3 is 9.64 Å². The van der Waals surface area contributed by atoms with Gasteiger partial charge in [-0.05, 0) is 37.6 Å². The van der Waals surface area contributed by atoms with Crippen LogP contribution in [0.2, 0.25) is 0 Å². The highest BCUT2D eigenvalue weighted by molar-refractivity contribution is 7.93. The van der Waals surface area contributed by atoms with Gasteiger partial charge in [-0.25, -0.2) is 8.42 Å². The minimum atomic E-state index is -3.20. The summed E-state index contributed by atoms with van der Waals surface area (Å²) in [5.74, 6) is 0.0324. The van der Waals surface area contributed by atoms with Gasteiger partial charge in [0.15, 0.2) is 9.84 Å². The normalized spacial score (nSPS) is 23.3. The van der Waals surface area contributed by atoms with E-state index >= 15 is 0 Å². The van der Waals surface area contributed by atoms with E-state index in [9.17, 15) is 13.2 Å². The Morgan fingerprint density at radius 2 is 2.15 bits per heavy atom. The molecule has 6 nitrogen and oxygen atoms in total. The van der Waals surface area contributed by atoms with Crippen molar-refractivity contribution in [2.24, 2.45) is 5.92 Å². The molecular formula is C19H22N2O4S. The van der Waals surface area contributed by atoms with Crippen LogP contribution < -0.4 is 0 Å². The van der Waals surface area contributed by atoms with Gasteiger partial charge in [0, 0.05) is 42.8 Å². The summed E-state index contributed by atoms with van der Waals surface area (Å²) in [4.78, 5) is 18.7. The number of ether oxygens (including phenoxy) is 1. The quantitative estimate of drug-likeness (QED) is 0.817. The molecule has 2 aliphatic heterocycles. The van der Waals surface area contributed by atoms with Crippen molar-refractivity contribution in [3.05, 3.63) is 42.1 Å². The Kier molecular flexibility index (Phi) is 4.23. The predicted molar refractivity (Wildman–Crippen MR) is 98.8 cm³/mol. The van der Waals surface area contributed by atoms with Crippen molar-refractivity contribution in [1.29, 1.82) is 0 Å². The summed E-state index contributed by atoms with van der Waals surface area (Å²) in [6, 6.07) is 9.14. The Bertz CT molecular complexity index is 951. The number of carbonyl (C=O) groups excluding carboxylic acids is 1. The number of nitrogens with zero attached hydrogens (tertiary/aromatic N) is 2. The fourth-order valence-corrected chi connectivity index (χ4v) is 6.50. The minimum absolute atomic E-state index is 0.0303. The average molecular weight is 374 g/mol. The van der Waals surface area contributed by atoms with Crippen LogP contribution in [0.1, 0.15) is 23.7 Å². The van der Waals surface area contributed by atoms with Crippen LogP contribution in [-0.2, 0) is 14.6 Å². The maximum atomic E-state index is 12.8. The predicted octanol–water partition coefficient (Wildman–Crippen LogP) is 1.90. The molecule has 26 heavy (non-hydrogen) atoms. The van der Waals surface area contributed by atoms with Crippen molar-refractivity contribution >= 4 is 26.6 Å². The Morgan fingerprint density at radius 3 is 2.92 bits per heavy atom. The lowest BCUT2D eigenvalue weighted by atomic mass is 9.83. The maximum absolute atomic E-state index is 12.8. The third-order valence-corrected chi connectivity index (χ3v) is 8.28. The van der Waals surface area contributed by atoms with Crippen LogP contribution in [0.3, 0.4) is 0 Å². The summed E-state index contributed by atoms with van der Waals surface area (Å²) in [7, 11) is -3.20. The molecule has 1 atom stereocenters. The van der Waals surface area contributed by atoms with Gasteiger partial charge in [-0.1, -0.05) is 6.07 Å². The first-order valence-corrected chi connectivity index (χ1v) is 10.6. The molecule has 1 aromatic heterocycles. The molecule has 0 N–H and O–H groups in total. The van der Waals surface area contributed by atoms with E-state index in [1.165, 1.54) is 0 Å². The van der Waals surface area contributed by atoms with E-state index in [0.29, 0.717) is 25.2 Å². The molecule has 0 bridgehead atoms. The molecular weight excluding hydrogens is 352 g/mol. The molecule has 0 saturated carbocycles. The second-order valence-electron chi connectivity index (χ2n) is 7.10. The molecule has 2 aliphatic rings. The first-order chi connectivity index (χ1) is 12.5. The molecule has 4 rings (SSSR count). The first-order valence-electron chi connectivity index (χ1n) is 8.91. The smallest absolute Gasteiger partial charge is 0.253 e. The molecule has 2 saturated heterocycles. The van der Waals surface area contributed by atoms with Crippen LogP contribution in [0.4, 0.5) is 0 Å². The van der Waals surface area contributed by atoms with E-state index < -0.39 is 14.6 Å². The lowest BCUT2D eigenvalue weighted by Crippen LogP contribution is -2.68. The van der Waals surface area contributed by atoms with Gasteiger partial charge in [0.05, 0.1) is 17.9 Å². The molecule has 1 aromatic carbocycles. The van der Waals surface area contributed by atoms with Crippen LogP contribution in [0.5, 0.6) is 0 Å². The number of amides is 1. The summed E-state index contributed by atoms with van der Waals surface area (Å²) in [6.07, 6.45) is 2.33. The average Bonchev–Trinajstić information content (AvgIpc) is 2.88. The number of sulfone groups is 1. The molecule has 1 amide bonds. The van der Waals surface area contributed by atoms with Gasteiger partial charge in [0.25, 0.3) is 5.91 Å². The number of aromatic nitrogens is 1. The maximum Gasteiger partial charge on any atom is 0.253 e. The first kappa shape index (κ1) is 17.4. The van der Waals surface area contributed by atoms with Gasteiger partial charge in [0.2, 0.25) is 0 Å². The Labute approximate surface area is 153 Å². The molecule has 0 aliphatic carbocycles. The van der Waals surface area contributed by atoms with E-state index in [1.54, 1.807) is 17.2 Å². The van der Waals surface area contributed by atoms with E-state index in [4.69, 9.17) is 4.74 Å². The number of benzene rings is 1. The van der Waals surface area contributed by atoms with Gasteiger partial charge in [0.1, 0.15) is 4.75 Å². The fourth-order valence-electron chi connectivity index (χ4n) is 4.10. The molecule has 1 unspecified atom stereocenters. The van der Waals surface area contributed by atoms with Crippen LogP contribution in [-0.4, -0.2) is 61.0 Å². The van der Waals surface area contributed by atoms with Gasteiger partial charge in [-0.3, -0.25) is 9.78 Å². The molecule has 1 spiro atoms. The number of fused-ring (bicyclic) bond motifs is 1. The van der Waals surface area contributed by atoms with Gasteiger partial charge >= 0.3 is 0 Å². The van der Waals surface area contributed by atoms with Gasteiger partial charge in [-0.2, -0.15) is 0 Å². The standard InChI is InChI=1S/C19H22N2O4S/c1-2-25-11-16-7-9-26(23,24)19(16)12-21(13-19)18(22)15-5-6-17-14(10-15)4-3-8-20-17/h3-6,8,10,16H,2,7,9,11-13H2,1H3. The van der Waals surface area contributed by atoms with E-state index in [1.807, 2.05) is 31.2 Å². The summed E-state index contributed by atoms with van der Waals surface area (Å²) >= 11 is 0. The third-order valence-electron chi connectivity index (χ3n) is 5.68. The second-order valence-corrected chi connectivity index (χ2v) is 9.55. The zero-order chi connectivity index (χ0) is 18.4. The Morgan fingerprint density at radius 1 is 1.35 bits per heavy atom. The molecule has 138 valence electrons. The van der Waals surface area contributed by atoms with Crippen LogP contribution in [0.25, 0.3) is 10.9 Å². The molecule has 7 heteroatoms. The lowest BCUT2D eigenvalue weighted by Gasteiger charge is -2.49. The molecule has 0 radical (unpaired) electrons. The van der Waals surface area contributed by atoms with Crippen LogP contribution in [0, 0.1) is 5.92 Å². The van der Waals surface area contributed by atoms with Crippen LogP contribution in [0.15, 0.2) is 36.5 Å². The largest absolute Gasteiger partial charge is 0.381 e. The van der Waals surface area contributed by atoms with Crippen molar-refractivity contribution in [3.63, 3.8) is 0 Å². The van der Waals surface area contributed by atoms with Crippen molar-refractivity contribution in [2.45, 2.75) is 18.1 Å². The van der Waals surface area contributed by atoms with Crippen molar-refractivity contribution in [2.75, 3.05) is 32.1 Å². The number of pyridine rings is 1. The molecule has 2 aromatic rings. The highest BCUT2D eigenvalue weighted by Gasteiger charge is 2.62. The monoisotopic (exact) mass is 374 g/mol. The number of rotatable bonds is 4. The highest BCUT2D eigenvalue weighted by Crippen LogP contribution is 2.45. The van der Waals surface area contributed by atoms with Crippen LogP contribution >= 0.6 is 0 Å². The number of likely N-dealkylation sites (tertiary alicyclic amines) is 1. The minimum Gasteiger partial charge on any atom is -0.381 e. The zero-order valence-electron chi connectivity index (χ0n) is 14.7. The third kappa shape index (κ3) is 2.61. The fraction of sp³-hybridized carbons (Fsp3) is 0.474. The summed E-state index contributed by atoms with van der Waals surface area (Å²) in [5, 5.41) is 0.899. The second kappa shape index (κ2) is 6.32. The Hall–Kier alpha value is -1.99. The summed E-state index contributed by atoms with van der Waals surface area (Å²) in [6.45, 7) is 3.44. The topological polar surface area (TPSA) is 76.6 Å². The highest BCUT2D eigenvalue weighted by atomic mass is 32.2. The number of hydrogen-bond donors (Lipinski definition) is 0. The Balaban J connectivity index is 1.54. The summed E-state index contributed by atoms with van der Waals surface area (Å²) < 4.78 is 29.9. The van der Waals surface area contributed by atoms with Crippen molar-refractivity contribution in [3.8, 4) is 0 Å². The van der Waals surface area contributed by atoms with E-state index in [-0.39, 0.29) is 30.7 Å². The zero-order valence-corrected chi connectivity index (χ0v) is 15.5. The summed E-state index contributed by atoms with van der Waals surface area (Å²) in [5.41, 5.74) is 1.40. The van der Waals surface area contributed by atoms with Crippen molar-refractivity contribution < 1.29 is 17.9 Å². The van der Waals surface area contributed by atoms with Crippen molar-refractivity contribution in [1.82, 2.24) is 9.88 Å². The lowest BCUT2D eigenvalue weighted by molar-refractivity contribution is 0.0271. The van der Waals surface area contributed by atoms with E-state index in [2.05, 4.69) is 4.98 Å². The van der Waals surface area contributed by atoms with Gasteiger partial charge in [-0.15, -0.1) is 0 Å². The SMILES string of the molecule is CCOCC1CCS(=O)(=O)C12CN(C(=O)c1ccc3ncccc3c1)C2. The number of hydrogen-bond acceptors (Lipinski definition) is 5. The van der Waals surface area contributed by atoms with E-state index in [0.717, 1.165) is 10.9 Å². The molecule has 2 fully saturated rings.